The van der Waals surface area contributed by atoms with E-state index in [4.69, 9.17) is 0 Å². The van der Waals surface area contributed by atoms with Crippen LogP contribution in [-0.2, 0) is 4.79 Å². The molecule has 0 aliphatic rings. The third-order valence-electron chi connectivity index (χ3n) is 2.35. The van der Waals surface area contributed by atoms with E-state index in [-0.39, 0.29) is 5.91 Å². The largest absolute Gasteiger partial charge is 0.385 e. The van der Waals surface area contributed by atoms with Gasteiger partial charge in [-0.15, -0.1) is 0 Å². The van der Waals surface area contributed by atoms with Crippen molar-refractivity contribution in [3.05, 3.63) is 24.3 Å². The Labute approximate surface area is 97.2 Å². The molecule has 0 aliphatic carbocycles. The molecule has 0 fully saturated rings. The molecular formula is C13H20N2O. The van der Waals surface area contributed by atoms with Crippen molar-refractivity contribution in [1.29, 1.82) is 0 Å². The van der Waals surface area contributed by atoms with E-state index in [0.717, 1.165) is 17.9 Å². The lowest BCUT2D eigenvalue weighted by atomic mass is 10.2. The molecule has 0 atom stereocenters. The zero-order chi connectivity index (χ0) is 11.8. The smallest absolute Gasteiger partial charge is 0.224 e. The highest BCUT2D eigenvalue weighted by molar-refractivity contribution is 5.90. The minimum Gasteiger partial charge on any atom is -0.385 e. The highest BCUT2D eigenvalue weighted by Crippen LogP contribution is 2.13. The molecule has 1 aromatic rings. The molecule has 2 N–H and O–H groups in total. The predicted molar refractivity (Wildman–Crippen MR) is 68.8 cm³/mol. The van der Waals surface area contributed by atoms with Gasteiger partial charge < -0.3 is 10.6 Å². The first-order valence-corrected chi connectivity index (χ1v) is 5.90. The van der Waals surface area contributed by atoms with Gasteiger partial charge in [0.05, 0.1) is 0 Å². The van der Waals surface area contributed by atoms with Crippen LogP contribution in [-0.4, -0.2) is 12.5 Å². The molecule has 1 rings (SSSR count). The summed E-state index contributed by atoms with van der Waals surface area (Å²) in [6.07, 6.45) is 2.88. The molecule has 0 radical (unpaired) electrons. The number of amides is 1. The zero-order valence-corrected chi connectivity index (χ0v) is 10.0. The summed E-state index contributed by atoms with van der Waals surface area (Å²) in [6, 6.07) is 7.81. The van der Waals surface area contributed by atoms with Gasteiger partial charge in [0.1, 0.15) is 0 Å². The fraction of sp³-hybridized carbons (Fsp3) is 0.462. The molecule has 0 aliphatic heterocycles. The topological polar surface area (TPSA) is 41.1 Å². The summed E-state index contributed by atoms with van der Waals surface area (Å²) in [4.78, 5) is 11.2. The highest BCUT2D eigenvalue weighted by atomic mass is 16.1. The first-order valence-electron chi connectivity index (χ1n) is 5.90. The molecule has 1 aromatic carbocycles. The molecule has 0 saturated heterocycles. The van der Waals surface area contributed by atoms with Gasteiger partial charge in [0.25, 0.3) is 0 Å². The Morgan fingerprint density at radius 3 is 2.31 bits per heavy atom. The molecule has 0 saturated carbocycles. The molecule has 0 spiro atoms. The van der Waals surface area contributed by atoms with Crippen molar-refractivity contribution in [3.8, 4) is 0 Å². The number of unbranched alkanes of at least 4 members (excludes halogenated alkanes) is 1. The second-order valence-corrected chi connectivity index (χ2v) is 3.76. The van der Waals surface area contributed by atoms with Crippen molar-refractivity contribution in [2.75, 3.05) is 17.2 Å². The van der Waals surface area contributed by atoms with E-state index in [1.165, 1.54) is 12.8 Å². The van der Waals surface area contributed by atoms with Crippen LogP contribution in [0.5, 0.6) is 0 Å². The van der Waals surface area contributed by atoms with Gasteiger partial charge in [0.15, 0.2) is 0 Å². The summed E-state index contributed by atoms with van der Waals surface area (Å²) in [7, 11) is 0. The Hall–Kier alpha value is -1.51. The van der Waals surface area contributed by atoms with E-state index in [9.17, 15) is 4.79 Å². The standard InChI is InChI=1S/C13H20N2O/c1-3-5-10-14-11-6-8-12(9-7-11)15-13(16)4-2/h6-9,14H,3-5,10H2,1-2H3,(H,15,16). The Morgan fingerprint density at radius 2 is 1.75 bits per heavy atom. The number of nitrogens with one attached hydrogen (secondary N) is 2. The normalized spacial score (nSPS) is 9.88. The Balaban J connectivity index is 2.44. The maximum atomic E-state index is 11.2. The lowest BCUT2D eigenvalue weighted by molar-refractivity contribution is -0.115. The monoisotopic (exact) mass is 220 g/mol. The number of rotatable bonds is 6. The van der Waals surface area contributed by atoms with Crippen LogP contribution < -0.4 is 10.6 Å². The summed E-state index contributed by atoms with van der Waals surface area (Å²) >= 11 is 0. The van der Waals surface area contributed by atoms with Crippen LogP contribution >= 0.6 is 0 Å². The lowest BCUT2D eigenvalue weighted by Gasteiger charge is -2.07. The first kappa shape index (κ1) is 12.6. The number of hydrogen-bond acceptors (Lipinski definition) is 2. The fourth-order valence-electron chi connectivity index (χ4n) is 1.33. The van der Waals surface area contributed by atoms with Crippen LogP contribution in [0.25, 0.3) is 0 Å². The molecule has 0 heterocycles. The quantitative estimate of drug-likeness (QED) is 0.722. The summed E-state index contributed by atoms with van der Waals surface area (Å²) in [5.41, 5.74) is 1.95. The minimum absolute atomic E-state index is 0.0479. The molecule has 0 bridgehead atoms. The molecule has 3 heteroatoms. The van der Waals surface area contributed by atoms with Gasteiger partial charge in [-0.25, -0.2) is 0 Å². The van der Waals surface area contributed by atoms with Crippen molar-refractivity contribution in [2.45, 2.75) is 33.1 Å². The van der Waals surface area contributed by atoms with Crippen molar-refractivity contribution >= 4 is 17.3 Å². The van der Waals surface area contributed by atoms with Gasteiger partial charge in [-0.05, 0) is 30.7 Å². The molecule has 0 unspecified atom stereocenters. The van der Waals surface area contributed by atoms with Crippen LogP contribution in [0, 0.1) is 0 Å². The maximum absolute atomic E-state index is 11.2. The molecule has 1 amide bonds. The van der Waals surface area contributed by atoms with E-state index >= 15 is 0 Å². The highest BCUT2D eigenvalue weighted by Gasteiger charge is 1.98. The Kier molecular flexibility index (Phi) is 5.40. The first-order chi connectivity index (χ1) is 7.76. The lowest BCUT2D eigenvalue weighted by Crippen LogP contribution is -2.09. The maximum Gasteiger partial charge on any atom is 0.224 e. The number of benzene rings is 1. The number of anilines is 2. The van der Waals surface area contributed by atoms with Crippen molar-refractivity contribution in [3.63, 3.8) is 0 Å². The second kappa shape index (κ2) is 6.88. The molecule has 88 valence electrons. The third-order valence-corrected chi connectivity index (χ3v) is 2.35. The van der Waals surface area contributed by atoms with Gasteiger partial charge in [-0.3, -0.25) is 4.79 Å². The molecular weight excluding hydrogens is 200 g/mol. The van der Waals surface area contributed by atoms with E-state index in [0.29, 0.717) is 6.42 Å². The summed E-state index contributed by atoms with van der Waals surface area (Å²) in [5.74, 6) is 0.0479. The average Bonchev–Trinajstić information content (AvgIpc) is 2.31. The summed E-state index contributed by atoms with van der Waals surface area (Å²) < 4.78 is 0. The van der Waals surface area contributed by atoms with Crippen LogP contribution in [0.4, 0.5) is 11.4 Å². The van der Waals surface area contributed by atoms with Crippen molar-refractivity contribution in [1.82, 2.24) is 0 Å². The number of carbonyl (C=O) groups excluding carboxylic acids is 1. The molecule has 3 nitrogen and oxygen atoms in total. The molecule has 0 aromatic heterocycles. The Morgan fingerprint density at radius 1 is 1.12 bits per heavy atom. The average molecular weight is 220 g/mol. The van der Waals surface area contributed by atoms with E-state index in [2.05, 4.69) is 17.6 Å². The molecule has 16 heavy (non-hydrogen) atoms. The van der Waals surface area contributed by atoms with Gasteiger partial charge in [-0.1, -0.05) is 20.3 Å². The summed E-state index contributed by atoms with van der Waals surface area (Å²) in [5, 5.41) is 6.15. The second-order valence-electron chi connectivity index (χ2n) is 3.76. The van der Waals surface area contributed by atoms with Gasteiger partial charge >= 0.3 is 0 Å². The van der Waals surface area contributed by atoms with Crippen LogP contribution in [0.15, 0.2) is 24.3 Å². The van der Waals surface area contributed by atoms with E-state index in [1.807, 2.05) is 31.2 Å². The van der Waals surface area contributed by atoms with Gasteiger partial charge in [0, 0.05) is 24.3 Å². The van der Waals surface area contributed by atoms with Crippen LogP contribution in [0.1, 0.15) is 33.1 Å². The minimum atomic E-state index is 0.0479. The van der Waals surface area contributed by atoms with E-state index in [1.54, 1.807) is 0 Å². The Bertz CT molecular complexity index is 319. The van der Waals surface area contributed by atoms with Gasteiger partial charge in [-0.2, -0.15) is 0 Å². The van der Waals surface area contributed by atoms with Crippen molar-refractivity contribution in [2.24, 2.45) is 0 Å². The predicted octanol–water partition coefficient (Wildman–Crippen LogP) is 3.25. The van der Waals surface area contributed by atoms with Crippen LogP contribution in [0.2, 0.25) is 0 Å². The third kappa shape index (κ3) is 4.34. The summed E-state index contributed by atoms with van der Waals surface area (Å²) in [6.45, 7) is 5.01. The van der Waals surface area contributed by atoms with Gasteiger partial charge in [0.2, 0.25) is 5.91 Å². The SMILES string of the molecule is CCCCNc1ccc(NC(=O)CC)cc1. The van der Waals surface area contributed by atoms with Crippen LogP contribution in [0.3, 0.4) is 0 Å². The fourth-order valence-corrected chi connectivity index (χ4v) is 1.33. The van der Waals surface area contributed by atoms with Crippen molar-refractivity contribution < 1.29 is 4.79 Å². The zero-order valence-electron chi connectivity index (χ0n) is 10.0. The van der Waals surface area contributed by atoms with E-state index < -0.39 is 0 Å². The number of carbonyl (C=O) groups is 1. The number of hydrogen-bond donors (Lipinski definition) is 2.